The maximum atomic E-state index is 11.5. The molecule has 0 aromatic heterocycles. The summed E-state index contributed by atoms with van der Waals surface area (Å²) in [5.41, 5.74) is 0.730. The van der Waals surface area contributed by atoms with E-state index in [1.165, 1.54) is 0 Å². The second-order valence-electron chi connectivity index (χ2n) is 4.46. The third-order valence-electron chi connectivity index (χ3n) is 3.02. The molecule has 1 aliphatic rings. The van der Waals surface area contributed by atoms with Crippen LogP contribution in [0.2, 0.25) is 0 Å². The lowest BCUT2D eigenvalue weighted by Gasteiger charge is -2.23. The van der Waals surface area contributed by atoms with Crippen LogP contribution in [0.15, 0.2) is 24.3 Å². The van der Waals surface area contributed by atoms with Gasteiger partial charge in [0.25, 0.3) is 0 Å². The molecular weight excluding hydrogens is 244 g/mol. The van der Waals surface area contributed by atoms with Gasteiger partial charge in [0.1, 0.15) is 5.75 Å². The number of ether oxygens (including phenoxy) is 3. The second kappa shape index (κ2) is 7.26. The van der Waals surface area contributed by atoms with Gasteiger partial charge in [0.05, 0.1) is 19.8 Å². The number of Topliss-reactive ketones (excluding diaryl/α,β-unsaturated/α-hetero) is 1. The molecule has 0 N–H and O–H groups in total. The lowest BCUT2D eigenvalue weighted by atomic mass is 10.1. The number of rotatable bonds is 6. The van der Waals surface area contributed by atoms with Gasteiger partial charge in [-0.15, -0.1) is 0 Å². The summed E-state index contributed by atoms with van der Waals surface area (Å²) >= 11 is 0. The van der Waals surface area contributed by atoms with Crippen LogP contribution in [0.1, 0.15) is 36.5 Å². The summed E-state index contributed by atoms with van der Waals surface area (Å²) in [6.45, 7) is 3.93. The Morgan fingerprint density at radius 2 is 1.95 bits per heavy atom. The third-order valence-corrected chi connectivity index (χ3v) is 3.02. The van der Waals surface area contributed by atoms with Crippen molar-refractivity contribution >= 4 is 5.78 Å². The van der Waals surface area contributed by atoms with Crippen LogP contribution in [0, 0.1) is 0 Å². The van der Waals surface area contributed by atoms with Crippen molar-refractivity contribution < 1.29 is 19.0 Å². The number of hydrogen-bond donors (Lipinski definition) is 0. The highest BCUT2D eigenvalue weighted by atomic mass is 16.7. The zero-order valence-electron chi connectivity index (χ0n) is 11.3. The number of benzene rings is 1. The van der Waals surface area contributed by atoms with E-state index in [1.54, 1.807) is 12.1 Å². The first-order valence-corrected chi connectivity index (χ1v) is 6.79. The molecule has 0 radical (unpaired) electrons. The van der Waals surface area contributed by atoms with Crippen LogP contribution in [0.25, 0.3) is 0 Å². The standard InChI is InChI=1S/C15H20O4/c1-2-14(16)12-4-6-13(7-5-12)17-11-8-15-18-9-3-10-19-15/h4-7,15H,2-3,8-11H2,1H3. The van der Waals surface area contributed by atoms with E-state index in [1.807, 2.05) is 19.1 Å². The van der Waals surface area contributed by atoms with Crippen LogP contribution >= 0.6 is 0 Å². The Kier molecular flexibility index (Phi) is 5.36. The van der Waals surface area contributed by atoms with Gasteiger partial charge in [-0.2, -0.15) is 0 Å². The molecule has 1 fully saturated rings. The molecule has 104 valence electrons. The first-order valence-electron chi connectivity index (χ1n) is 6.79. The van der Waals surface area contributed by atoms with Crippen LogP contribution in [0.3, 0.4) is 0 Å². The summed E-state index contributed by atoms with van der Waals surface area (Å²) in [7, 11) is 0. The molecule has 4 nitrogen and oxygen atoms in total. The average molecular weight is 264 g/mol. The molecule has 0 spiro atoms. The van der Waals surface area contributed by atoms with Crippen molar-refractivity contribution in [1.29, 1.82) is 0 Å². The van der Waals surface area contributed by atoms with E-state index in [0.29, 0.717) is 13.0 Å². The quantitative estimate of drug-likeness (QED) is 0.741. The molecule has 1 aromatic rings. The van der Waals surface area contributed by atoms with E-state index in [9.17, 15) is 4.79 Å². The SMILES string of the molecule is CCC(=O)c1ccc(OCCC2OCCCO2)cc1. The summed E-state index contributed by atoms with van der Waals surface area (Å²) in [5.74, 6) is 0.916. The molecule has 4 heteroatoms. The van der Waals surface area contributed by atoms with Gasteiger partial charge in [0, 0.05) is 18.4 Å². The molecule has 1 aliphatic heterocycles. The van der Waals surface area contributed by atoms with Gasteiger partial charge in [-0.3, -0.25) is 4.79 Å². The number of carbonyl (C=O) groups excluding carboxylic acids is 1. The third kappa shape index (κ3) is 4.33. The van der Waals surface area contributed by atoms with E-state index in [-0.39, 0.29) is 12.1 Å². The predicted octanol–water partition coefficient (Wildman–Crippen LogP) is 2.81. The predicted molar refractivity (Wildman–Crippen MR) is 71.5 cm³/mol. The highest BCUT2D eigenvalue weighted by Gasteiger charge is 2.13. The highest BCUT2D eigenvalue weighted by Crippen LogP contribution is 2.15. The first-order chi connectivity index (χ1) is 9.29. The Hall–Kier alpha value is -1.39. The maximum absolute atomic E-state index is 11.5. The Labute approximate surface area is 113 Å². The molecule has 0 aliphatic carbocycles. The van der Waals surface area contributed by atoms with E-state index in [4.69, 9.17) is 14.2 Å². The van der Waals surface area contributed by atoms with Crippen molar-refractivity contribution in [3.8, 4) is 5.75 Å². The van der Waals surface area contributed by atoms with Crippen molar-refractivity contribution in [3.63, 3.8) is 0 Å². The monoisotopic (exact) mass is 264 g/mol. The normalized spacial score (nSPS) is 16.3. The van der Waals surface area contributed by atoms with Gasteiger partial charge >= 0.3 is 0 Å². The van der Waals surface area contributed by atoms with Crippen LogP contribution in [-0.4, -0.2) is 31.9 Å². The molecular formula is C15H20O4. The van der Waals surface area contributed by atoms with Gasteiger partial charge < -0.3 is 14.2 Å². The number of hydrogen-bond acceptors (Lipinski definition) is 4. The molecule has 19 heavy (non-hydrogen) atoms. The molecule has 1 aromatic carbocycles. The molecule has 0 unspecified atom stereocenters. The zero-order valence-corrected chi connectivity index (χ0v) is 11.3. The van der Waals surface area contributed by atoms with Crippen LogP contribution in [-0.2, 0) is 9.47 Å². The Morgan fingerprint density at radius 3 is 2.58 bits per heavy atom. The van der Waals surface area contributed by atoms with Crippen molar-refractivity contribution in [2.45, 2.75) is 32.5 Å². The largest absolute Gasteiger partial charge is 0.493 e. The van der Waals surface area contributed by atoms with Crippen LogP contribution in [0.5, 0.6) is 5.75 Å². The average Bonchev–Trinajstić information content (AvgIpc) is 2.48. The lowest BCUT2D eigenvalue weighted by molar-refractivity contribution is -0.183. The van der Waals surface area contributed by atoms with Gasteiger partial charge in [-0.1, -0.05) is 6.92 Å². The summed E-state index contributed by atoms with van der Waals surface area (Å²) in [6, 6.07) is 7.25. The molecule has 0 bridgehead atoms. The molecule has 0 amide bonds. The Balaban J connectivity index is 1.75. The second-order valence-corrected chi connectivity index (χ2v) is 4.46. The smallest absolute Gasteiger partial charge is 0.162 e. The van der Waals surface area contributed by atoms with Crippen LogP contribution < -0.4 is 4.74 Å². The summed E-state index contributed by atoms with van der Waals surface area (Å²) in [5, 5.41) is 0. The molecule has 1 heterocycles. The number of carbonyl (C=O) groups is 1. The van der Waals surface area contributed by atoms with Gasteiger partial charge in [0.2, 0.25) is 0 Å². The van der Waals surface area contributed by atoms with E-state index in [2.05, 4.69) is 0 Å². The molecule has 0 saturated carbocycles. The fourth-order valence-corrected chi connectivity index (χ4v) is 1.92. The van der Waals surface area contributed by atoms with E-state index in [0.717, 1.165) is 37.4 Å². The Morgan fingerprint density at radius 1 is 1.26 bits per heavy atom. The topological polar surface area (TPSA) is 44.8 Å². The minimum Gasteiger partial charge on any atom is -0.493 e. The highest BCUT2D eigenvalue weighted by molar-refractivity contribution is 5.95. The van der Waals surface area contributed by atoms with Gasteiger partial charge in [-0.25, -0.2) is 0 Å². The van der Waals surface area contributed by atoms with Crippen molar-refractivity contribution in [1.82, 2.24) is 0 Å². The maximum Gasteiger partial charge on any atom is 0.162 e. The summed E-state index contributed by atoms with van der Waals surface area (Å²) in [6.07, 6.45) is 2.06. The fraction of sp³-hybridized carbons (Fsp3) is 0.533. The summed E-state index contributed by atoms with van der Waals surface area (Å²) in [4.78, 5) is 11.5. The fourth-order valence-electron chi connectivity index (χ4n) is 1.92. The lowest BCUT2D eigenvalue weighted by Crippen LogP contribution is -2.26. The minimum absolute atomic E-state index is 0.144. The van der Waals surface area contributed by atoms with Crippen molar-refractivity contribution in [2.75, 3.05) is 19.8 Å². The van der Waals surface area contributed by atoms with Crippen molar-refractivity contribution in [3.05, 3.63) is 29.8 Å². The summed E-state index contributed by atoms with van der Waals surface area (Å²) < 4.78 is 16.5. The Bertz CT molecular complexity index is 393. The zero-order chi connectivity index (χ0) is 13.5. The molecule has 2 rings (SSSR count). The molecule has 1 saturated heterocycles. The van der Waals surface area contributed by atoms with Crippen LogP contribution in [0.4, 0.5) is 0 Å². The minimum atomic E-state index is -0.144. The van der Waals surface area contributed by atoms with E-state index >= 15 is 0 Å². The molecule has 0 atom stereocenters. The van der Waals surface area contributed by atoms with Gasteiger partial charge in [0.15, 0.2) is 12.1 Å². The first kappa shape index (κ1) is 14.0. The van der Waals surface area contributed by atoms with Crippen molar-refractivity contribution in [2.24, 2.45) is 0 Å². The number of ketones is 1. The van der Waals surface area contributed by atoms with E-state index < -0.39 is 0 Å². The van der Waals surface area contributed by atoms with Gasteiger partial charge in [-0.05, 0) is 30.7 Å².